The fourth-order valence-corrected chi connectivity index (χ4v) is 1.15. The number of aliphatic hydroxyl groups excluding tert-OH is 1. The third-order valence-corrected chi connectivity index (χ3v) is 2.17. The first kappa shape index (κ1) is 19.0. The molecule has 17 heavy (non-hydrogen) atoms. The molecule has 0 spiro atoms. The number of aliphatic hydroxyl groups is 1. The van der Waals surface area contributed by atoms with Crippen molar-refractivity contribution in [1.29, 1.82) is 0 Å². The summed E-state index contributed by atoms with van der Waals surface area (Å²) in [7, 11) is 0. The summed E-state index contributed by atoms with van der Waals surface area (Å²) in [4.78, 5) is 0. The summed E-state index contributed by atoms with van der Waals surface area (Å²) in [6.45, 7) is 15.4. The van der Waals surface area contributed by atoms with E-state index in [1.807, 2.05) is 0 Å². The van der Waals surface area contributed by atoms with E-state index in [1.165, 1.54) is 6.42 Å². The highest BCUT2D eigenvalue weighted by atomic mass is 16.3. The molecule has 0 aliphatic heterocycles. The van der Waals surface area contributed by atoms with Crippen LogP contribution in [-0.4, -0.2) is 11.7 Å². The van der Waals surface area contributed by atoms with E-state index in [0.29, 0.717) is 12.5 Å². The second-order valence-corrected chi connectivity index (χ2v) is 6.62. The second kappa shape index (κ2) is 10.8. The molecule has 0 unspecified atom stereocenters. The molecule has 1 N–H and O–H groups in total. The number of hydrogen-bond donors (Lipinski definition) is 1. The highest BCUT2D eigenvalue weighted by Crippen LogP contribution is 2.22. The zero-order valence-corrected chi connectivity index (χ0v) is 13.1. The number of rotatable bonds is 6. The van der Waals surface area contributed by atoms with Crippen molar-refractivity contribution in [2.24, 2.45) is 17.3 Å². The lowest BCUT2D eigenvalue weighted by atomic mass is 9.88. The third-order valence-electron chi connectivity index (χ3n) is 2.17. The Labute approximate surface area is 109 Å². The van der Waals surface area contributed by atoms with Gasteiger partial charge < -0.3 is 5.11 Å². The molecule has 0 aliphatic carbocycles. The van der Waals surface area contributed by atoms with Crippen molar-refractivity contribution >= 4 is 0 Å². The van der Waals surface area contributed by atoms with Crippen molar-refractivity contribution in [3.05, 3.63) is 12.2 Å². The molecule has 0 aromatic rings. The summed E-state index contributed by atoms with van der Waals surface area (Å²) >= 11 is 0. The Bertz CT molecular complexity index is 175. The molecular weight excluding hydrogens is 208 g/mol. The molecule has 0 saturated carbocycles. The van der Waals surface area contributed by atoms with E-state index >= 15 is 0 Å². The van der Waals surface area contributed by atoms with Gasteiger partial charge in [0, 0.05) is 6.61 Å². The van der Waals surface area contributed by atoms with Crippen LogP contribution in [0.1, 0.15) is 67.7 Å². The van der Waals surface area contributed by atoms with Crippen LogP contribution in [0, 0.1) is 17.3 Å². The average molecular weight is 242 g/mol. The Morgan fingerprint density at radius 3 is 1.88 bits per heavy atom. The van der Waals surface area contributed by atoms with Crippen LogP contribution in [-0.2, 0) is 0 Å². The van der Waals surface area contributed by atoms with Crippen LogP contribution < -0.4 is 0 Å². The van der Waals surface area contributed by atoms with Gasteiger partial charge in [0.2, 0.25) is 0 Å². The normalized spacial score (nSPS) is 12.1. The number of allylic oxidation sites excluding steroid dienone is 2. The van der Waals surface area contributed by atoms with Gasteiger partial charge in [-0.15, -0.1) is 0 Å². The highest BCUT2D eigenvalue weighted by Gasteiger charge is 2.14. The summed E-state index contributed by atoms with van der Waals surface area (Å²) in [5, 5.41) is 9.02. The van der Waals surface area contributed by atoms with Gasteiger partial charge in [-0.1, -0.05) is 60.6 Å². The molecule has 0 aliphatic rings. The van der Waals surface area contributed by atoms with Gasteiger partial charge in [-0.25, -0.2) is 0 Å². The van der Waals surface area contributed by atoms with E-state index in [4.69, 9.17) is 5.11 Å². The zero-order valence-electron chi connectivity index (χ0n) is 13.1. The van der Waals surface area contributed by atoms with Crippen LogP contribution in [0.5, 0.6) is 0 Å². The standard InChI is InChI=1S/C12H24O.C4H10/c1-11(2)8-6-5-7-9-12(3,4)10-13;1-4(2)3/h6,8,11,13H,5,7,9-10H2,1-4H3;4H,1-3H3/b8-6+;. The molecule has 0 heterocycles. The highest BCUT2D eigenvalue weighted by molar-refractivity contribution is 4.84. The van der Waals surface area contributed by atoms with E-state index in [0.717, 1.165) is 18.8 Å². The fraction of sp³-hybridized carbons (Fsp3) is 0.875. The van der Waals surface area contributed by atoms with Crippen molar-refractivity contribution in [3.8, 4) is 0 Å². The SMILES string of the molecule is CC(C)/C=C/CCCC(C)(C)CO.CC(C)C. The topological polar surface area (TPSA) is 20.2 Å². The molecule has 0 amide bonds. The molecule has 0 fully saturated rings. The first-order chi connectivity index (χ1) is 7.71. The molecule has 1 nitrogen and oxygen atoms in total. The zero-order chi connectivity index (χ0) is 13.9. The lowest BCUT2D eigenvalue weighted by molar-refractivity contribution is 0.148. The van der Waals surface area contributed by atoms with Crippen LogP contribution in [0.4, 0.5) is 0 Å². The van der Waals surface area contributed by atoms with Crippen LogP contribution in [0.25, 0.3) is 0 Å². The predicted molar refractivity (Wildman–Crippen MR) is 79.2 cm³/mol. The molecule has 104 valence electrons. The van der Waals surface area contributed by atoms with Gasteiger partial charge in [-0.05, 0) is 36.5 Å². The van der Waals surface area contributed by atoms with E-state index in [-0.39, 0.29) is 5.41 Å². The maximum Gasteiger partial charge on any atom is 0.0482 e. The van der Waals surface area contributed by atoms with Crippen molar-refractivity contribution in [1.82, 2.24) is 0 Å². The number of hydrogen-bond acceptors (Lipinski definition) is 1. The maximum atomic E-state index is 9.02. The molecule has 0 rings (SSSR count). The van der Waals surface area contributed by atoms with Crippen molar-refractivity contribution in [3.63, 3.8) is 0 Å². The Morgan fingerprint density at radius 2 is 1.53 bits per heavy atom. The minimum atomic E-state index is 0.103. The van der Waals surface area contributed by atoms with Gasteiger partial charge in [0.25, 0.3) is 0 Å². The van der Waals surface area contributed by atoms with Crippen LogP contribution in [0.2, 0.25) is 0 Å². The Hall–Kier alpha value is -0.300. The lowest BCUT2D eigenvalue weighted by Gasteiger charge is -2.20. The molecule has 0 saturated heterocycles. The lowest BCUT2D eigenvalue weighted by Crippen LogP contribution is -2.15. The van der Waals surface area contributed by atoms with Gasteiger partial charge in [0.1, 0.15) is 0 Å². The molecule has 1 heteroatoms. The summed E-state index contributed by atoms with van der Waals surface area (Å²) in [5.74, 6) is 1.49. The van der Waals surface area contributed by atoms with Crippen molar-refractivity contribution in [2.45, 2.75) is 67.7 Å². The predicted octanol–water partition coefficient (Wildman–Crippen LogP) is 5.05. The monoisotopic (exact) mass is 242 g/mol. The van der Waals surface area contributed by atoms with Crippen molar-refractivity contribution < 1.29 is 5.11 Å². The average Bonchev–Trinajstić information content (AvgIpc) is 2.16. The Kier molecular flexibility index (Phi) is 12.1. The largest absolute Gasteiger partial charge is 0.396 e. The number of unbranched alkanes of at least 4 members (excludes halogenated alkanes) is 1. The second-order valence-electron chi connectivity index (χ2n) is 6.62. The first-order valence-corrected chi connectivity index (χ1v) is 6.99. The summed E-state index contributed by atoms with van der Waals surface area (Å²) < 4.78 is 0. The third kappa shape index (κ3) is 21.5. The molecule has 0 bridgehead atoms. The molecule has 0 aromatic heterocycles. The maximum absolute atomic E-state index is 9.02. The fourth-order valence-electron chi connectivity index (χ4n) is 1.15. The van der Waals surface area contributed by atoms with Crippen LogP contribution >= 0.6 is 0 Å². The van der Waals surface area contributed by atoms with Gasteiger partial charge in [0.05, 0.1) is 0 Å². The van der Waals surface area contributed by atoms with Gasteiger partial charge in [-0.2, -0.15) is 0 Å². The van der Waals surface area contributed by atoms with Gasteiger partial charge in [0.15, 0.2) is 0 Å². The van der Waals surface area contributed by atoms with E-state index in [9.17, 15) is 0 Å². The van der Waals surface area contributed by atoms with Gasteiger partial charge in [-0.3, -0.25) is 0 Å². The molecule has 0 aromatic carbocycles. The van der Waals surface area contributed by atoms with Crippen LogP contribution in [0.15, 0.2) is 12.2 Å². The summed E-state index contributed by atoms with van der Waals surface area (Å²) in [5.41, 5.74) is 0.103. The summed E-state index contributed by atoms with van der Waals surface area (Å²) in [6, 6.07) is 0. The Balaban J connectivity index is 0. The minimum absolute atomic E-state index is 0.103. The minimum Gasteiger partial charge on any atom is -0.396 e. The van der Waals surface area contributed by atoms with Crippen LogP contribution in [0.3, 0.4) is 0 Å². The quantitative estimate of drug-likeness (QED) is 0.510. The smallest absolute Gasteiger partial charge is 0.0482 e. The molecular formula is C16H34O. The van der Waals surface area contributed by atoms with Gasteiger partial charge >= 0.3 is 0 Å². The summed E-state index contributed by atoms with van der Waals surface area (Å²) in [6.07, 6.45) is 7.91. The molecule has 0 atom stereocenters. The molecule has 0 radical (unpaired) electrons. The Morgan fingerprint density at radius 1 is 1.06 bits per heavy atom. The van der Waals surface area contributed by atoms with E-state index < -0.39 is 0 Å². The van der Waals surface area contributed by atoms with E-state index in [2.05, 4.69) is 60.6 Å². The van der Waals surface area contributed by atoms with Crippen molar-refractivity contribution in [2.75, 3.05) is 6.61 Å². The van der Waals surface area contributed by atoms with E-state index in [1.54, 1.807) is 0 Å². The first-order valence-electron chi connectivity index (χ1n) is 6.99.